The van der Waals surface area contributed by atoms with Crippen LogP contribution < -0.4 is 0 Å². The topological polar surface area (TPSA) is 39.6 Å². The van der Waals surface area contributed by atoms with Crippen LogP contribution in [0.5, 0.6) is 5.75 Å². The molecular formula is C23H37N3OS. The highest BCUT2D eigenvalue weighted by Crippen LogP contribution is 2.42. The Kier molecular flexibility index (Phi) is 6.95. The molecule has 2 rings (SSSR count). The summed E-state index contributed by atoms with van der Waals surface area (Å²) >= 11 is 1.71. The molecule has 0 aliphatic heterocycles. The lowest BCUT2D eigenvalue weighted by Crippen LogP contribution is -2.28. The fourth-order valence-corrected chi connectivity index (χ4v) is 4.00. The fraction of sp³-hybridized carbons (Fsp3) is 0.609. The monoisotopic (exact) mass is 403 g/mol. The molecule has 28 heavy (non-hydrogen) atoms. The number of hydrogen-bond donors (Lipinski definition) is 1. The van der Waals surface area contributed by atoms with Gasteiger partial charge in [0.05, 0.1) is 12.2 Å². The maximum atomic E-state index is 10.9. The van der Waals surface area contributed by atoms with Gasteiger partial charge in [-0.05, 0) is 44.1 Å². The number of hydrogen-bond acceptors (Lipinski definition) is 5. The number of rotatable bonds is 6. The second-order valence-corrected chi connectivity index (χ2v) is 11.0. The zero-order valence-electron chi connectivity index (χ0n) is 19.1. The van der Waals surface area contributed by atoms with Crippen LogP contribution in [0.3, 0.4) is 0 Å². The third kappa shape index (κ3) is 5.79. The summed E-state index contributed by atoms with van der Waals surface area (Å²) in [4.78, 5) is 9.41. The highest BCUT2D eigenvalue weighted by molar-refractivity contribution is 7.09. The van der Waals surface area contributed by atoms with Crippen molar-refractivity contribution in [1.82, 2.24) is 14.8 Å². The molecule has 0 saturated carbocycles. The second-order valence-electron chi connectivity index (χ2n) is 10.1. The van der Waals surface area contributed by atoms with Crippen molar-refractivity contribution in [3.8, 4) is 17.0 Å². The molecule has 0 bridgehead atoms. The maximum Gasteiger partial charge on any atom is 0.123 e. The van der Waals surface area contributed by atoms with E-state index >= 15 is 0 Å². The van der Waals surface area contributed by atoms with E-state index in [0.717, 1.165) is 47.0 Å². The van der Waals surface area contributed by atoms with Crippen molar-refractivity contribution in [2.75, 3.05) is 34.2 Å². The number of phenolic OH excluding ortho intramolecular Hbond substituents is 1. The largest absolute Gasteiger partial charge is 0.507 e. The minimum Gasteiger partial charge on any atom is -0.507 e. The average Bonchev–Trinajstić information content (AvgIpc) is 2.99. The molecule has 5 heteroatoms. The summed E-state index contributed by atoms with van der Waals surface area (Å²) in [6.07, 6.45) is 0. The second kappa shape index (κ2) is 8.52. The van der Waals surface area contributed by atoms with Crippen LogP contribution in [0, 0.1) is 0 Å². The summed E-state index contributed by atoms with van der Waals surface area (Å²) in [6.45, 7) is 15.8. The van der Waals surface area contributed by atoms with Crippen molar-refractivity contribution in [2.24, 2.45) is 0 Å². The third-order valence-electron chi connectivity index (χ3n) is 4.91. The summed E-state index contributed by atoms with van der Waals surface area (Å²) in [6, 6.07) is 4.22. The molecule has 0 amide bonds. The molecule has 0 saturated heterocycles. The predicted octanol–water partition coefficient (Wildman–Crippen LogP) is 5.10. The molecule has 1 aromatic heterocycles. The highest BCUT2D eigenvalue weighted by atomic mass is 32.1. The van der Waals surface area contributed by atoms with Gasteiger partial charge in [-0.25, -0.2) is 4.98 Å². The first-order valence-electron chi connectivity index (χ1n) is 9.95. The van der Waals surface area contributed by atoms with Gasteiger partial charge in [-0.15, -0.1) is 11.3 Å². The maximum absolute atomic E-state index is 10.9. The Morgan fingerprint density at radius 1 is 0.929 bits per heavy atom. The molecule has 1 heterocycles. The van der Waals surface area contributed by atoms with Crippen LogP contribution in [0.2, 0.25) is 0 Å². The predicted molar refractivity (Wildman–Crippen MR) is 122 cm³/mol. The SMILES string of the molecule is CN(C)CCN(C)Cc1nc(-c2cc(C(C)(C)C)c(O)c(C(C)(C)C)c2)cs1. The molecule has 4 nitrogen and oxygen atoms in total. The van der Waals surface area contributed by atoms with Gasteiger partial charge < -0.3 is 10.0 Å². The first-order chi connectivity index (χ1) is 12.8. The molecule has 2 aromatic rings. The third-order valence-corrected chi connectivity index (χ3v) is 5.74. The van der Waals surface area contributed by atoms with Crippen LogP contribution in [0.15, 0.2) is 17.5 Å². The molecule has 0 spiro atoms. The number of thiazole rings is 1. The van der Waals surface area contributed by atoms with Crippen molar-refractivity contribution < 1.29 is 5.11 Å². The van der Waals surface area contributed by atoms with Gasteiger partial charge in [0, 0.05) is 35.2 Å². The number of phenols is 1. The zero-order valence-corrected chi connectivity index (χ0v) is 19.9. The highest BCUT2D eigenvalue weighted by Gasteiger charge is 2.27. The van der Waals surface area contributed by atoms with Gasteiger partial charge in [-0.3, -0.25) is 4.90 Å². The number of aromatic nitrogens is 1. The molecule has 0 atom stereocenters. The van der Waals surface area contributed by atoms with Gasteiger partial charge in [-0.2, -0.15) is 0 Å². The minimum absolute atomic E-state index is 0.134. The van der Waals surface area contributed by atoms with Crippen LogP contribution >= 0.6 is 11.3 Å². The minimum atomic E-state index is -0.134. The summed E-state index contributed by atoms with van der Waals surface area (Å²) < 4.78 is 0. The van der Waals surface area contributed by atoms with Crippen LogP contribution in [0.4, 0.5) is 0 Å². The lowest BCUT2D eigenvalue weighted by atomic mass is 9.78. The number of nitrogens with zero attached hydrogens (tertiary/aromatic N) is 3. The van der Waals surface area contributed by atoms with E-state index in [4.69, 9.17) is 4.98 Å². The van der Waals surface area contributed by atoms with E-state index in [1.807, 2.05) is 0 Å². The number of aromatic hydroxyl groups is 1. The summed E-state index contributed by atoms with van der Waals surface area (Å²) in [5.74, 6) is 0.419. The molecular weight excluding hydrogens is 366 g/mol. The average molecular weight is 404 g/mol. The molecule has 0 aliphatic rings. The zero-order chi connectivity index (χ0) is 21.3. The van der Waals surface area contributed by atoms with Crippen molar-refractivity contribution >= 4 is 11.3 Å². The van der Waals surface area contributed by atoms with E-state index in [1.165, 1.54) is 0 Å². The summed E-state index contributed by atoms with van der Waals surface area (Å²) in [7, 11) is 6.33. The molecule has 0 aliphatic carbocycles. The summed E-state index contributed by atoms with van der Waals surface area (Å²) in [5, 5.41) is 14.2. The normalized spacial score (nSPS) is 13.0. The van der Waals surface area contributed by atoms with Gasteiger partial charge in [0.2, 0.25) is 0 Å². The number of likely N-dealkylation sites (N-methyl/N-ethyl adjacent to an activating group) is 2. The van der Waals surface area contributed by atoms with E-state index in [2.05, 4.69) is 90.0 Å². The van der Waals surface area contributed by atoms with E-state index < -0.39 is 0 Å². The van der Waals surface area contributed by atoms with Crippen LogP contribution in [0.25, 0.3) is 11.3 Å². The van der Waals surface area contributed by atoms with Crippen LogP contribution in [-0.2, 0) is 17.4 Å². The molecule has 1 N–H and O–H groups in total. The lowest BCUT2D eigenvalue weighted by molar-refractivity contribution is 0.276. The molecule has 1 aromatic carbocycles. The molecule has 0 unspecified atom stereocenters. The van der Waals surface area contributed by atoms with Gasteiger partial charge in [0.15, 0.2) is 0 Å². The van der Waals surface area contributed by atoms with Gasteiger partial charge in [0.25, 0.3) is 0 Å². The van der Waals surface area contributed by atoms with Crippen molar-refractivity contribution in [2.45, 2.75) is 58.9 Å². The van der Waals surface area contributed by atoms with Gasteiger partial charge >= 0.3 is 0 Å². The first kappa shape index (κ1) is 22.9. The Labute approximate surface area is 175 Å². The molecule has 0 radical (unpaired) electrons. The van der Waals surface area contributed by atoms with E-state index in [9.17, 15) is 5.11 Å². The van der Waals surface area contributed by atoms with Crippen LogP contribution in [-0.4, -0.2) is 54.1 Å². The first-order valence-corrected chi connectivity index (χ1v) is 10.8. The Morgan fingerprint density at radius 3 is 1.93 bits per heavy atom. The van der Waals surface area contributed by atoms with Crippen molar-refractivity contribution in [3.63, 3.8) is 0 Å². The van der Waals surface area contributed by atoms with Gasteiger partial charge in [-0.1, -0.05) is 41.5 Å². The smallest absolute Gasteiger partial charge is 0.123 e. The fourth-order valence-electron chi connectivity index (χ4n) is 3.12. The lowest BCUT2D eigenvalue weighted by Gasteiger charge is -2.28. The van der Waals surface area contributed by atoms with E-state index in [0.29, 0.717) is 5.75 Å². The van der Waals surface area contributed by atoms with E-state index in [1.54, 1.807) is 11.3 Å². The Bertz CT molecular complexity index is 762. The van der Waals surface area contributed by atoms with Crippen molar-refractivity contribution in [1.29, 1.82) is 0 Å². The standard InChI is InChI=1S/C23H37N3OS/c1-22(2,3)17-12-16(13-18(21(17)27)23(4,5)6)19-15-28-20(24-19)14-26(9)11-10-25(7)8/h12-13,15,27H,10-11,14H2,1-9H3. The summed E-state index contributed by atoms with van der Waals surface area (Å²) in [5.41, 5.74) is 3.78. The number of benzene rings is 1. The van der Waals surface area contributed by atoms with Crippen molar-refractivity contribution in [3.05, 3.63) is 33.6 Å². The Balaban J connectivity index is 2.37. The Morgan fingerprint density at radius 2 is 1.46 bits per heavy atom. The van der Waals surface area contributed by atoms with E-state index in [-0.39, 0.29) is 10.8 Å². The Hall–Kier alpha value is -1.43. The van der Waals surface area contributed by atoms with Gasteiger partial charge in [0.1, 0.15) is 10.8 Å². The quantitative estimate of drug-likeness (QED) is 0.728. The van der Waals surface area contributed by atoms with Crippen LogP contribution in [0.1, 0.15) is 57.7 Å². The molecule has 0 fully saturated rings. The molecule has 156 valence electrons.